The first-order valence-corrected chi connectivity index (χ1v) is 21.7. The molecule has 0 unspecified atom stereocenters. The normalized spacial score (nSPS) is 13.4. The second kappa shape index (κ2) is 12.1. The van der Waals surface area contributed by atoms with Gasteiger partial charge in [-0.25, -0.2) is 9.97 Å². The average molecular weight is 791 g/mol. The van der Waals surface area contributed by atoms with E-state index in [4.69, 9.17) is 9.97 Å². The topological polar surface area (TPSA) is 35.6 Å². The molecule has 4 aromatic heterocycles. The Bertz CT molecular complexity index is 3750. The monoisotopic (exact) mass is 790 g/mol. The van der Waals surface area contributed by atoms with Crippen LogP contribution in [0.4, 0.5) is 0 Å². The van der Waals surface area contributed by atoms with E-state index in [-0.39, 0.29) is 5.41 Å². The molecule has 0 N–H and O–H groups in total. The molecule has 0 saturated heterocycles. The van der Waals surface area contributed by atoms with E-state index in [1.165, 1.54) is 57.9 Å². The first-order chi connectivity index (χ1) is 29.1. The summed E-state index contributed by atoms with van der Waals surface area (Å²) in [5, 5.41) is 6.13. The molecule has 0 aliphatic heterocycles. The Hall–Kier alpha value is -6.86. The van der Waals surface area contributed by atoms with E-state index in [1.54, 1.807) is 11.3 Å². The van der Waals surface area contributed by atoms with Crippen LogP contribution < -0.4 is 0 Å². The zero-order valence-electron chi connectivity index (χ0n) is 32.3. The van der Waals surface area contributed by atoms with E-state index < -0.39 is 0 Å². The van der Waals surface area contributed by atoms with Crippen LogP contribution in [0.2, 0.25) is 0 Å². The van der Waals surface area contributed by atoms with Crippen molar-refractivity contribution in [3.63, 3.8) is 0 Å². The van der Waals surface area contributed by atoms with Crippen molar-refractivity contribution in [3.8, 4) is 34.0 Å². The summed E-state index contributed by atoms with van der Waals surface area (Å²) in [6.07, 6.45) is 0. The van der Waals surface area contributed by atoms with Gasteiger partial charge in [-0.15, -0.1) is 22.7 Å². The number of thiophene rings is 1. The Morgan fingerprint density at radius 1 is 0.492 bits per heavy atom. The van der Waals surface area contributed by atoms with Gasteiger partial charge in [-0.05, 0) is 63.9 Å². The first kappa shape index (κ1) is 33.1. The van der Waals surface area contributed by atoms with Crippen molar-refractivity contribution >= 4 is 96.0 Å². The van der Waals surface area contributed by atoms with Gasteiger partial charge in [0.2, 0.25) is 5.95 Å². The highest BCUT2D eigenvalue weighted by Gasteiger charge is 2.40. The van der Waals surface area contributed by atoms with Crippen molar-refractivity contribution in [2.75, 3.05) is 0 Å². The quantitative estimate of drug-likeness (QED) is 0.132. The van der Waals surface area contributed by atoms with Crippen molar-refractivity contribution in [1.29, 1.82) is 0 Å². The maximum Gasteiger partial charge on any atom is 0.235 e. The van der Waals surface area contributed by atoms with E-state index in [1.807, 2.05) is 11.3 Å². The molecule has 8 aromatic carbocycles. The summed E-state index contributed by atoms with van der Waals surface area (Å²) in [5.74, 6) is 0.670. The molecule has 0 radical (unpaired) electrons. The van der Waals surface area contributed by atoms with Crippen LogP contribution in [0.15, 0.2) is 170 Å². The molecule has 0 saturated carbocycles. The number of hydrogen-bond acceptors (Lipinski definition) is 4. The molecule has 0 atom stereocenters. The number of para-hydroxylation sites is 2. The molecule has 13 rings (SSSR count). The maximum absolute atomic E-state index is 5.70. The fourth-order valence-electron chi connectivity index (χ4n) is 10.1. The Balaban J connectivity index is 1.36. The molecule has 6 heteroatoms. The molecule has 4 heterocycles. The third-order valence-electron chi connectivity index (χ3n) is 12.5. The summed E-state index contributed by atoms with van der Waals surface area (Å²) in [6.45, 7) is 4.80. The fraction of sp³-hybridized carbons (Fsp3) is 0.0566. The van der Waals surface area contributed by atoms with Crippen molar-refractivity contribution in [1.82, 2.24) is 19.1 Å². The molecule has 0 spiro atoms. The van der Waals surface area contributed by atoms with E-state index in [0.717, 1.165) is 54.6 Å². The second-order valence-corrected chi connectivity index (χ2v) is 18.2. The minimum Gasteiger partial charge on any atom is -0.308 e. The molecule has 4 nitrogen and oxygen atoms in total. The van der Waals surface area contributed by atoms with E-state index >= 15 is 0 Å². The minimum absolute atomic E-state index is 0.268. The Kier molecular flexibility index (Phi) is 6.79. The largest absolute Gasteiger partial charge is 0.308 e. The van der Waals surface area contributed by atoms with Gasteiger partial charge in [0.1, 0.15) is 0 Å². The van der Waals surface area contributed by atoms with Crippen molar-refractivity contribution in [2.45, 2.75) is 19.3 Å². The van der Waals surface area contributed by atoms with Crippen LogP contribution in [0.3, 0.4) is 0 Å². The molecule has 12 aromatic rings. The molecule has 0 fully saturated rings. The highest BCUT2D eigenvalue weighted by Crippen LogP contribution is 2.57. The van der Waals surface area contributed by atoms with Crippen molar-refractivity contribution in [2.24, 2.45) is 0 Å². The van der Waals surface area contributed by atoms with Gasteiger partial charge in [0, 0.05) is 43.1 Å². The molecule has 0 amide bonds. The van der Waals surface area contributed by atoms with Crippen LogP contribution in [0.1, 0.15) is 25.0 Å². The molecule has 1 aliphatic carbocycles. The SMILES string of the molecule is CC1(C)c2ccccc2-c2c1c1cccc3c4ccccc4n(-c4ccccc4)c4cccc5c4sc(c13)c2n5-c1nc(-c2ccccc2)c2sc3ccccc3c2n1. The second-order valence-electron chi connectivity index (χ2n) is 16.1. The van der Waals surface area contributed by atoms with Gasteiger partial charge in [0.25, 0.3) is 0 Å². The summed E-state index contributed by atoms with van der Waals surface area (Å²) < 4.78 is 9.58. The number of hydrogen-bond donors (Lipinski definition) is 0. The number of rotatable bonds is 3. The fourth-order valence-corrected chi connectivity index (χ4v) is 12.6. The predicted molar refractivity (Wildman–Crippen MR) is 251 cm³/mol. The zero-order valence-corrected chi connectivity index (χ0v) is 33.9. The summed E-state index contributed by atoms with van der Waals surface area (Å²) in [4.78, 5) is 11.4. The van der Waals surface area contributed by atoms with Gasteiger partial charge < -0.3 is 4.57 Å². The lowest BCUT2D eigenvalue weighted by atomic mass is 9.79. The highest BCUT2D eigenvalue weighted by atomic mass is 32.1. The number of nitrogens with zero attached hydrogens (tertiary/aromatic N) is 4. The van der Waals surface area contributed by atoms with E-state index in [2.05, 4.69) is 193 Å². The Labute approximate surface area is 347 Å². The smallest absolute Gasteiger partial charge is 0.235 e. The molecular weight excluding hydrogens is 757 g/mol. The molecule has 6 bridgehead atoms. The summed E-state index contributed by atoms with van der Waals surface area (Å²) in [5.41, 5.74) is 13.6. The molecular formula is C53H34N4S2. The maximum atomic E-state index is 5.70. The summed E-state index contributed by atoms with van der Waals surface area (Å²) in [6, 6.07) is 61.8. The summed E-state index contributed by atoms with van der Waals surface area (Å²) in [7, 11) is 0. The average Bonchev–Trinajstić information content (AvgIpc) is 3.79. The van der Waals surface area contributed by atoms with Crippen LogP contribution in [-0.4, -0.2) is 19.1 Å². The van der Waals surface area contributed by atoms with Crippen LogP contribution in [0, 0.1) is 0 Å². The summed E-state index contributed by atoms with van der Waals surface area (Å²) >= 11 is 3.67. The van der Waals surface area contributed by atoms with Crippen LogP contribution in [-0.2, 0) is 5.41 Å². The molecule has 278 valence electrons. The lowest BCUT2D eigenvalue weighted by Crippen LogP contribution is -2.16. The Morgan fingerprint density at radius 3 is 1.98 bits per heavy atom. The minimum atomic E-state index is -0.268. The number of aromatic nitrogens is 4. The zero-order chi connectivity index (χ0) is 39.0. The van der Waals surface area contributed by atoms with Crippen LogP contribution >= 0.6 is 22.7 Å². The standard InChI is InChI=1S/C53H34N4S2/c1-53(2)38-26-12-9-22-35(38)44-45(53)37-25-15-24-34-33-21-10-13-27-39(33)56(32-19-7-4-8-20-32)40-28-16-29-41-49(40)59-50(43(34)37)48(44)57(41)52-54-46(31-17-5-3-6-18-31)51-47(55-52)36-23-11-14-30-42(36)58-51/h3-30H,1-2H3. The van der Waals surface area contributed by atoms with Crippen LogP contribution in [0.5, 0.6) is 0 Å². The lowest BCUT2D eigenvalue weighted by Gasteiger charge is -2.25. The van der Waals surface area contributed by atoms with Crippen molar-refractivity contribution < 1.29 is 0 Å². The van der Waals surface area contributed by atoms with Crippen molar-refractivity contribution in [3.05, 3.63) is 181 Å². The van der Waals surface area contributed by atoms with Crippen LogP contribution in [0.25, 0.3) is 107 Å². The van der Waals surface area contributed by atoms with E-state index in [9.17, 15) is 0 Å². The van der Waals surface area contributed by atoms with Gasteiger partial charge in [0.15, 0.2) is 0 Å². The van der Waals surface area contributed by atoms with Gasteiger partial charge in [0.05, 0.1) is 47.4 Å². The first-order valence-electron chi connectivity index (χ1n) is 20.1. The lowest BCUT2D eigenvalue weighted by molar-refractivity contribution is 0.666. The molecule has 59 heavy (non-hydrogen) atoms. The van der Waals surface area contributed by atoms with Gasteiger partial charge >= 0.3 is 0 Å². The number of benzene rings is 8. The third kappa shape index (κ3) is 4.47. The van der Waals surface area contributed by atoms with Gasteiger partial charge in [-0.2, -0.15) is 0 Å². The highest BCUT2D eigenvalue weighted by molar-refractivity contribution is 7.26. The molecule has 1 aliphatic rings. The predicted octanol–water partition coefficient (Wildman–Crippen LogP) is 14.8. The third-order valence-corrected chi connectivity index (χ3v) is 14.9. The van der Waals surface area contributed by atoms with Gasteiger partial charge in [-0.1, -0.05) is 147 Å². The van der Waals surface area contributed by atoms with E-state index in [0.29, 0.717) is 5.95 Å². The van der Waals surface area contributed by atoms with Gasteiger partial charge in [-0.3, -0.25) is 4.57 Å². The Morgan fingerprint density at radius 2 is 1.14 bits per heavy atom. The number of fused-ring (bicyclic) bond motifs is 9.